The van der Waals surface area contributed by atoms with Gasteiger partial charge in [-0.25, -0.2) is 19.3 Å². The molecule has 3 heterocycles. The van der Waals surface area contributed by atoms with Gasteiger partial charge >= 0.3 is 0 Å². The molecule has 1 aromatic carbocycles. The molecule has 0 saturated heterocycles. The van der Waals surface area contributed by atoms with Crippen molar-refractivity contribution in [3.05, 3.63) is 48.2 Å². The fraction of sp³-hybridized carbons (Fsp3) is 0.375. The van der Waals surface area contributed by atoms with Crippen molar-refractivity contribution in [2.75, 3.05) is 5.73 Å². The molecule has 0 unspecified atom stereocenters. The van der Waals surface area contributed by atoms with Gasteiger partial charge in [0.1, 0.15) is 17.2 Å². The van der Waals surface area contributed by atoms with Gasteiger partial charge in [-0.3, -0.25) is 4.57 Å². The number of imidazole rings is 2. The molecule has 4 aromatic rings. The van der Waals surface area contributed by atoms with Gasteiger partial charge in [0, 0.05) is 29.3 Å². The van der Waals surface area contributed by atoms with Crippen molar-refractivity contribution in [2.45, 2.75) is 53.5 Å². The van der Waals surface area contributed by atoms with Gasteiger partial charge in [0.05, 0.1) is 11.4 Å². The highest BCUT2D eigenvalue weighted by Gasteiger charge is 2.25. The summed E-state index contributed by atoms with van der Waals surface area (Å²) in [6.07, 6.45) is 1.77. The number of nitrogens with two attached hydrogens (primary N) is 1. The molecular weight excluding hydrogens is 391 g/mol. The van der Waals surface area contributed by atoms with E-state index in [0.29, 0.717) is 12.5 Å². The predicted octanol–water partition coefficient (Wildman–Crippen LogP) is 5.55. The lowest BCUT2D eigenvalue weighted by molar-refractivity contribution is 0.350. The Hall–Kier alpha value is -3.22. The summed E-state index contributed by atoms with van der Waals surface area (Å²) in [4.78, 5) is 17.6. The molecule has 0 spiro atoms. The van der Waals surface area contributed by atoms with E-state index < -0.39 is 0 Å². The van der Waals surface area contributed by atoms with Crippen LogP contribution in [0.3, 0.4) is 0 Å². The van der Waals surface area contributed by atoms with Crippen LogP contribution in [-0.2, 0) is 12.0 Å². The largest absolute Gasteiger partial charge is 0.369 e. The number of hydrogen-bond acceptors (Lipinski definition) is 4. The van der Waals surface area contributed by atoms with Gasteiger partial charge in [-0.1, -0.05) is 41.5 Å². The van der Waals surface area contributed by atoms with Crippen LogP contribution < -0.4 is 5.73 Å². The van der Waals surface area contributed by atoms with Gasteiger partial charge in [0.15, 0.2) is 5.65 Å². The molecule has 0 aliphatic carbocycles. The molecule has 0 amide bonds. The Bertz CT molecular complexity index is 1240. The van der Waals surface area contributed by atoms with Crippen molar-refractivity contribution in [2.24, 2.45) is 5.41 Å². The molecule has 4 rings (SSSR count). The lowest BCUT2D eigenvalue weighted by Crippen LogP contribution is -2.17. The first-order valence-corrected chi connectivity index (χ1v) is 10.4. The Morgan fingerprint density at radius 2 is 1.68 bits per heavy atom. The zero-order valence-corrected chi connectivity index (χ0v) is 18.9. The molecule has 31 heavy (non-hydrogen) atoms. The minimum Gasteiger partial charge on any atom is -0.369 e. The Balaban J connectivity index is 1.96. The van der Waals surface area contributed by atoms with Gasteiger partial charge in [-0.15, -0.1) is 0 Å². The standard InChI is InChI=1S/C24H29FN6/c1-23(2,3)13-31-20-19(30-22(31)26)16(11-12-27-20)18-17(14-7-9-15(25)10-8-14)28-21(29-18)24(4,5)6/h7-12H,13H2,1-6H3,(H2,26,30)(H,28,29). The van der Waals surface area contributed by atoms with Crippen LogP contribution in [0.2, 0.25) is 0 Å². The third-order valence-electron chi connectivity index (χ3n) is 5.10. The van der Waals surface area contributed by atoms with E-state index in [-0.39, 0.29) is 16.6 Å². The molecule has 7 heteroatoms. The maximum absolute atomic E-state index is 13.5. The van der Waals surface area contributed by atoms with Crippen molar-refractivity contribution in [3.8, 4) is 22.5 Å². The molecule has 3 N–H and O–H groups in total. The monoisotopic (exact) mass is 420 g/mol. The second kappa shape index (κ2) is 7.18. The van der Waals surface area contributed by atoms with Crippen LogP contribution in [0.25, 0.3) is 33.7 Å². The predicted molar refractivity (Wildman–Crippen MR) is 123 cm³/mol. The van der Waals surface area contributed by atoms with E-state index in [1.807, 2.05) is 10.6 Å². The number of rotatable bonds is 3. The van der Waals surface area contributed by atoms with Gasteiger partial charge in [0.2, 0.25) is 5.95 Å². The number of nitrogen functional groups attached to an aromatic ring is 1. The Labute approximate surface area is 181 Å². The van der Waals surface area contributed by atoms with Gasteiger partial charge in [-0.2, -0.15) is 0 Å². The molecule has 0 bridgehead atoms. The zero-order chi connectivity index (χ0) is 22.6. The van der Waals surface area contributed by atoms with Gasteiger partial charge in [0.25, 0.3) is 0 Å². The fourth-order valence-corrected chi connectivity index (χ4v) is 3.61. The van der Waals surface area contributed by atoms with E-state index in [0.717, 1.165) is 39.5 Å². The fourth-order valence-electron chi connectivity index (χ4n) is 3.61. The highest BCUT2D eigenvalue weighted by atomic mass is 19.1. The Morgan fingerprint density at radius 3 is 2.29 bits per heavy atom. The minimum atomic E-state index is -0.281. The third-order valence-corrected chi connectivity index (χ3v) is 5.10. The van der Waals surface area contributed by atoms with Crippen LogP contribution in [0.15, 0.2) is 36.5 Å². The minimum absolute atomic E-state index is 0.0199. The Kier molecular flexibility index (Phi) is 4.87. The Morgan fingerprint density at radius 1 is 1.00 bits per heavy atom. The first-order valence-electron chi connectivity index (χ1n) is 10.4. The van der Waals surface area contributed by atoms with Crippen LogP contribution in [0.5, 0.6) is 0 Å². The number of fused-ring (bicyclic) bond motifs is 1. The second-order valence-corrected chi connectivity index (χ2v) is 10.2. The number of pyridine rings is 1. The topological polar surface area (TPSA) is 85.4 Å². The molecule has 162 valence electrons. The molecule has 0 radical (unpaired) electrons. The number of halogens is 1. The molecule has 0 saturated carbocycles. The average molecular weight is 421 g/mol. The number of nitrogens with one attached hydrogen (secondary N) is 1. The SMILES string of the molecule is CC(C)(C)Cn1c(N)nc2c(-c3[nH]c(C(C)(C)C)nc3-c3ccc(F)cc3)ccnc21. The number of aromatic amines is 1. The van der Waals surface area contributed by atoms with E-state index in [1.54, 1.807) is 18.3 Å². The number of hydrogen-bond donors (Lipinski definition) is 2. The maximum Gasteiger partial charge on any atom is 0.202 e. The normalized spacial score (nSPS) is 12.6. The summed E-state index contributed by atoms with van der Waals surface area (Å²) in [5.41, 5.74) is 10.8. The van der Waals surface area contributed by atoms with Crippen LogP contribution in [-0.4, -0.2) is 24.5 Å². The average Bonchev–Trinajstić information content (AvgIpc) is 3.23. The zero-order valence-electron chi connectivity index (χ0n) is 18.9. The third kappa shape index (κ3) is 4.04. The van der Waals surface area contributed by atoms with E-state index in [4.69, 9.17) is 10.7 Å². The number of nitrogens with zero attached hydrogens (tertiary/aromatic N) is 4. The van der Waals surface area contributed by atoms with Crippen LogP contribution >= 0.6 is 0 Å². The quantitative estimate of drug-likeness (QED) is 0.455. The summed E-state index contributed by atoms with van der Waals surface area (Å²) < 4.78 is 15.5. The summed E-state index contributed by atoms with van der Waals surface area (Å²) in [7, 11) is 0. The highest BCUT2D eigenvalue weighted by molar-refractivity contribution is 5.94. The summed E-state index contributed by atoms with van der Waals surface area (Å²) in [6, 6.07) is 8.30. The molecule has 0 aliphatic heterocycles. The summed E-state index contributed by atoms with van der Waals surface area (Å²) in [5, 5.41) is 0. The number of benzene rings is 1. The molecule has 3 aromatic heterocycles. The molecule has 0 aliphatic rings. The van der Waals surface area contributed by atoms with Crippen LogP contribution in [0.1, 0.15) is 47.4 Å². The van der Waals surface area contributed by atoms with Crippen LogP contribution in [0, 0.1) is 11.2 Å². The maximum atomic E-state index is 13.5. The van der Waals surface area contributed by atoms with E-state index in [9.17, 15) is 4.39 Å². The van der Waals surface area contributed by atoms with Crippen molar-refractivity contribution in [1.29, 1.82) is 0 Å². The van der Waals surface area contributed by atoms with E-state index in [2.05, 4.69) is 56.5 Å². The lowest BCUT2D eigenvalue weighted by Gasteiger charge is -2.19. The van der Waals surface area contributed by atoms with Crippen molar-refractivity contribution < 1.29 is 4.39 Å². The number of H-pyrrole nitrogens is 1. The number of aromatic nitrogens is 5. The molecule has 0 fully saturated rings. The lowest BCUT2D eigenvalue weighted by atomic mass is 9.96. The first kappa shape index (κ1) is 21.0. The molecule has 0 atom stereocenters. The summed E-state index contributed by atoms with van der Waals surface area (Å²) in [6.45, 7) is 13.5. The van der Waals surface area contributed by atoms with Gasteiger partial charge in [-0.05, 0) is 35.7 Å². The van der Waals surface area contributed by atoms with Crippen LogP contribution in [0.4, 0.5) is 10.3 Å². The van der Waals surface area contributed by atoms with Gasteiger partial charge < -0.3 is 10.7 Å². The molecular formula is C24H29FN6. The summed E-state index contributed by atoms with van der Waals surface area (Å²) >= 11 is 0. The van der Waals surface area contributed by atoms with Crippen molar-refractivity contribution in [1.82, 2.24) is 24.5 Å². The van der Waals surface area contributed by atoms with E-state index in [1.165, 1.54) is 12.1 Å². The smallest absolute Gasteiger partial charge is 0.202 e. The second-order valence-electron chi connectivity index (χ2n) is 10.2. The summed E-state index contributed by atoms with van der Waals surface area (Å²) in [5.74, 6) is 0.995. The highest BCUT2D eigenvalue weighted by Crippen LogP contribution is 2.37. The van der Waals surface area contributed by atoms with E-state index >= 15 is 0 Å². The first-order chi connectivity index (χ1) is 14.4. The molecule has 6 nitrogen and oxygen atoms in total. The number of anilines is 1. The van der Waals surface area contributed by atoms with Crippen molar-refractivity contribution >= 4 is 17.1 Å². The van der Waals surface area contributed by atoms with Crippen molar-refractivity contribution in [3.63, 3.8) is 0 Å².